The van der Waals surface area contributed by atoms with Crippen molar-refractivity contribution in [2.45, 2.75) is 45.6 Å². The Morgan fingerprint density at radius 2 is 2.04 bits per heavy atom. The van der Waals surface area contributed by atoms with Crippen LogP contribution in [0.3, 0.4) is 0 Å². The zero-order valence-corrected chi connectivity index (χ0v) is 14.4. The predicted octanol–water partition coefficient (Wildman–Crippen LogP) is 3.83. The summed E-state index contributed by atoms with van der Waals surface area (Å²) in [6.45, 7) is 4.89. The largest absolute Gasteiger partial charge is 0.478 e. The molecule has 0 unspecified atom stereocenters. The summed E-state index contributed by atoms with van der Waals surface area (Å²) in [5.41, 5.74) is 2.65. The Bertz CT molecular complexity index is 643. The Kier molecular flexibility index (Phi) is 6.36. The Morgan fingerprint density at radius 3 is 2.67 bits per heavy atom. The molecule has 1 atom stereocenters. The van der Waals surface area contributed by atoms with Gasteiger partial charge in [-0.2, -0.15) is 0 Å². The fraction of sp³-hybridized carbons (Fsp3) is 0.400. The first-order chi connectivity index (χ1) is 11.5. The minimum Gasteiger partial charge on any atom is -0.478 e. The molecule has 1 aromatic rings. The van der Waals surface area contributed by atoms with Gasteiger partial charge in [-0.05, 0) is 43.9 Å². The lowest BCUT2D eigenvalue weighted by Gasteiger charge is -2.22. The first-order valence-corrected chi connectivity index (χ1v) is 8.47. The van der Waals surface area contributed by atoms with Crippen LogP contribution in [0.5, 0.6) is 0 Å². The van der Waals surface area contributed by atoms with E-state index in [2.05, 4.69) is 32.1 Å². The molecule has 1 aliphatic rings. The smallest absolute Gasteiger partial charge is 0.335 e. The van der Waals surface area contributed by atoms with E-state index >= 15 is 0 Å². The molecule has 1 saturated heterocycles. The lowest BCUT2D eigenvalue weighted by atomic mass is 10.1. The van der Waals surface area contributed by atoms with Crippen molar-refractivity contribution in [3.05, 3.63) is 59.2 Å². The Hall–Kier alpha value is -2.36. The summed E-state index contributed by atoms with van der Waals surface area (Å²) in [4.78, 5) is 24.9. The second kappa shape index (κ2) is 8.48. The van der Waals surface area contributed by atoms with Gasteiger partial charge in [0, 0.05) is 13.0 Å². The first kappa shape index (κ1) is 18.0. The fourth-order valence-electron chi connectivity index (χ4n) is 2.78. The van der Waals surface area contributed by atoms with Gasteiger partial charge in [0.1, 0.15) is 0 Å². The molecular weight excluding hydrogens is 302 g/mol. The maximum Gasteiger partial charge on any atom is 0.335 e. The maximum atomic E-state index is 12.1. The van der Waals surface area contributed by atoms with Crippen LogP contribution in [0.15, 0.2) is 48.1 Å². The minimum atomic E-state index is -0.920. The zero-order valence-electron chi connectivity index (χ0n) is 14.4. The molecule has 1 fully saturated rings. The summed E-state index contributed by atoms with van der Waals surface area (Å²) in [5, 5.41) is 8.92. The number of carbonyl (C=O) groups is 2. The normalized spacial score (nSPS) is 18.6. The van der Waals surface area contributed by atoms with Gasteiger partial charge < -0.3 is 10.0 Å². The van der Waals surface area contributed by atoms with Crippen molar-refractivity contribution in [2.24, 2.45) is 0 Å². The Balaban J connectivity index is 1.96. The molecule has 2 rings (SSSR count). The van der Waals surface area contributed by atoms with Gasteiger partial charge in [0.25, 0.3) is 0 Å². The topological polar surface area (TPSA) is 57.6 Å². The lowest BCUT2D eigenvalue weighted by Crippen LogP contribution is -2.33. The van der Waals surface area contributed by atoms with Crippen LogP contribution < -0.4 is 0 Å². The predicted molar refractivity (Wildman–Crippen MR) is 95.0 cm³/mol. The zero-order chi connectivity index (χ0) is 17.5. The highest BCUT2D eigenvalue weighted by molar-refractivity contribution is 5.87. The molecule has 0 saturated carbocycles. The molecule has 1 aromatic carbocycles. The van der Waals surface area contributed by atoms with Crippen molar-refractivity contribution in [2.75, 3.05) is 6.54 Å². The standard InChI is InChI=1S/C20H25NO3/c1-3-15(2)5-4-6-18-11-12-19(22)21(18)14-13-16-7-9-17(10-8-16)20(23)24/h4-10,18H,3,11-14H2,1-2H3,(H,23,24)/b6-4+,15-5+/t18-/m0/s1. The SMILES string of the molecule is CC/C(C)=C/C=C/[C@H]1CCC(=O)N1CCc1ccc(C(=O)O)cc1. The molecule has 0 spiro atoms. The number of allylic oxidation sites excluding steroid dienone is 3. The third kappa shape index (κ3) is 4.82. The molecular formula is C20H25NO3. The number of benzene rings is 1. The summed E-state index contributed by atoms with van der Waals surface area (Å²) in [6.07, 6.45) is 9.50. The maximum absolute atomic E-state index is 12.1. The second-order valence-electron chi connectivity index (χ2n) is 6.20. The molecule has 128 valence electrons. The Morgan fingerprint density at radius 1 is 1.33 bits per heavy atom. The summed E-state index contributed by atoms with van der Waals surface area (Å²) >= 11 is 0. The number of rotatable bonds is 7. The van der Waals surface area contributed by atoms with Gasteiger partial charge in [-0.15, -0.1) is 0 Å². The van der Waals surface area contributed by atoms with Gasteiger partial charge in [0.05, 0.1) is 11.6 Å². The molecule has 0 radical (unpaired) electrons. The van der Waals surface area contributed by atoms with Gasteiger partial charge in [-0.1, -0.05) is 42.9 Å². The Labute approximate surface area is 143 Å². The van der Waals surface area contributed by atoms with Crippen molar-refractivity contribution < 1.29 is 14.7 Å². The van der Waals surface area contributed by atoms with Crippen molar-refractivity contribution in [3.8, 4) is 0 Å². The third-order valence-corrected chi connectivity index (χ3v) is 4.49. The van der Waals surface area contributed by atoms with E-state index in [9.17, 15) is 9.59 Å². The van der Waals surface area contributed by atoms with Crippen LogP contribution in [0.25, 0.3) is 0 Å². The average molecular weight is 327 g/mol. The van der Waals surface area contributed by atoms with Gasteiger partial charge in [-0.25, -0.2) is 4.79 Å². The van der Waals surface area contributed by atoms with E-state index < -0.39 is 5.97 Å². The summed E-state index contributed by atoms with van der Waals surface area (Å²) in [7, 11) is 0. The average Bonchev–Trinajstić information content (AvgIpc) is 2.93. The van der Waals surface area contributed by atoms with Crippen LogP contribution in [-0.2, 0) is 11.2 Å². The number of carboxylic acid groups (broad SMARTS) is 1. The molecule has 0 aromatic heterocycles. The highest BCUT2D eigenvalue weighted by Crippen LogP contribution is 2.20. The van der Waals surface area contributed by atoms with Crippen LogP contribution in [0.2, 0.25) is 0 Å². The van der Waals surface area contributed by atoms with E-state index in [-0.39, 0.29) is 17.5 Å². The van der Waals surface area contributed by atoms with Crippen LogP contribution in [-0.4, -0.2) is 34.5 Å². The molecule has 1 N–H and O–H groups in total. The van der Waals surface area contributed by atoms with E-state index in [1.807, 2.05) is 17.0 Å². The van der Waals surface area contributed by atoms with Crippen molar-refractivity contribution >= 4 is 11.9 Å². The molecule has 0 bridgehead atoms. The van der Waals surface area contributed by atoms with E-state index in [1.165, 1.54) is 5.57 Å². The minimum absolute atomic E-state index is 0.164. The van der Waals surface area contributed by atoms with Crippen LogP contribution in [0.4, 0.5) is 0 Å². The summed E-state index contributed by atoms with van der Waals surface area (Å²) in [6, 6.07) is 7.03. The van der Waals surface area contributed by atoms with Gasteiger partial charge >= 0.3 is 5.97 Å². The molecule has 1 heterocycles. The molecule has 4 nitrogen and oxygen atoms in total. The first-order valence-electron chi connectivity index (χ1n) is 8.47. The number of hydrogen-bond donors (Lipinski definition) is 1. The molecule has 0 aliphatic carbocycles. The van der Waals surface area contributed by atoms with E-state index in [4.69, 9.17) is 5.11 Å². The highest BCUT2D eigenvalue weighted by atomic mass is 16.4. The summed E-state index contributed by atoms with van der Waals surface area (Å²) < 4.78 is 0. The fourth-order valence-corrected chi connectivity index (χ4v) is 2.78. The number of nitrogens with zero attached hydrogens (tertiary/aromatic N) is 1. The van der Waals surface area contributed by atoms with Crippen molar-refractivity contribution in [1.29, 1.82) is 0 Å². The van der Waals surface area contributed by atoms with Crippen molar-refractivity contribution in [3.63, 3.8) is 0 Å². The highest BCUT2D eigenvalue weighted by Gasteiger charge is 2.28. The molecule has 24 heavy (non-hydrogen) atoms. The quantitative estimate of drug-likeness (QED) is 0.774. The number of hydrogen-bond acceptors (Lipinski definition) is 2. The van der Waals surface area contributed by atoms with Gasteiger partial charge in [-0.3, -0.25) is 4.79 Å². The number of aromatic carboxylic acids is 1. The van der Waals surface area contributed by atoms with E-state index in [0.29, 0.717) is 13.0 Å². The van der Waals surface area contributed by atoms with E-state index in [1.54, 1.807) is 12.1 Å². The van der Waals surface area contributed by atoms with E-state index in [0.717, 1.165) is 24.8 Å². The number of amides is 1. The van der Waals surface area contributed by atoms with Crippen LogP contribution in [0, 0.1) is 0 Å². The summed E-state index contributed by atoms with van der Waals surface area (Å²) in [5.74, 6) is -0.722. The third-order valence-electron chi connectivity index (χ3n) is 4.49. The molecule has 1 aliphatic heterocycles. The lowest BCUT2D eigenvalue weighted by molar-refractivity contribution is -0.128. The molecule has 1 amide bonds. The monoisotopic (exact) mass is 327 g/mol. The second-order valence-corrected chi connectivity index (χ2v) is 6.20. The van der Waals surface area contributed by atoms with Gasteiger partial charge in [0.15, 0.2) is 0 Å². The van der Waals surface area contributed by atoms with Crippen LogP contribution >= 0.6 is 0 Å². The molecule has 4 heteroatoms. The van der Waals surface area contributed by atoms with Gasteiger partial charge in [0.2, 0.25) is 5.91 Å². The number of carbonyl (C=O) groups excluding carboxylic acids is 1. The number of likely N-dealkylation sites (tertiary alicyclic amines) is 1. The van der Waals surface area contributed by atoms with Crippen molar-refractivity contribution in [1.82, 2.24) is 4.90 Å². The van der Waals surface area contributed by atoms with Crippen LogP contribution in [0.1, 0.15) is 49.0 Å². The number of carboxylic acids is 1.